The molecule has 0 fully saturated rings. The Bertz CT molecular complexity index is 651. The number of carbonyl (C=O) groups is 1. The number of hydroxylamine groups is 1. The number of carbonyl (C=O) groups excluding carboxylic acids is 1. The molecular formula is C10H10FN5O3. The van der Waals surface area contributed by atoms with Crippen molar-refractivity contribution >= 4 is 6.41 Å². The van der Waals surface area contributed by atoms with Gasteiger partial charge in [0.05, 0.1) is 5.69 Å². The minimum Gasteiger partial charge on any atom is -0.277 e. The fraction of sp³-hybridized carbons (Fsp3) is 0.200. The van der Waals surface area contributed by atoms with E-state index in [0.717, 1.165) is 9.36 Å². The number of hydrogen-bond acceptors (Lipinski definition) is 5. The Balaban J connectivity index is 2.45. The first-order chi connectivity index (χ1) is 9.15. The highest BCUT2D eigenvalue weighted by Gasteiger charge is 2.14. The summed E-state index contributed by atoms with van der Waals surface area (Å²) in [6.07, 6.45) is 0.314. The van der Waals surface area contributed by atoms with E-state index in [1.54, 1.807) is 0 Å². The molecule has 0 atom stereocenters. The number of halogens is 1. The van der Waals surface area contributed by atoms with Crippen LogP contribution in [0.3, 0.4) is 0 Å². The number of aryl methyl sites for hydroxylation is 1. The smallest absolute Gasteiger partial charge is 0.277 e. The largest absolute Gasteiger partial charge is 0.368 e. The van der Waals surface area contributed by atoms with Gasteiger partial charge in [-0.2, -0.15) is 9.36 Å². The van der Waals surface area contributed by atoms with Crippen LogP contribution in [0.15, 0.2) is 23.0 Å². The van der Waals surface area contributed by atoms with E-state index in [9.17, 15) is 14.0 Å². The molecule has 0 aliphatic heterocycles. The monoisotopic (exact) mass is 267 g/mol. The van der Waals surface area contributed by atoms with E-state index in [4.69, 9.17) is 4.84 Å². The summed E-state index contributed by atoms with van der Waals surface area (Å²) in [4.78, 5) is 26.5. The van der Waals surface area contributed by atoms with Crippen molar-refractivity contribution in [3.8, 4) is 5.69 Å². The lowest BCUT2D eigenvalue weighted by Gasteiger charge is -2.08. The average Bonchev–Trinajstić information content (AvgIpc) is 2.72. The van der Waals surface area contributed by atoms with Crippen molar-refractivity contribution in [1.82, 2.24) is 25.3 Å². The van der Waals surface area contributed by atoms with Gasteiger partial charge in [0.25, 0.3) is 0 Å². The summed E-state index contributed by atoms with van der Waals surface area (Å²) in [5.74, 6) is -0.581. The maximum atomic E-state index is 13.7. The van der Waals surface area contributed by atoms with Gasteiger partial charge in [-0.05, 0) is 22.6 Å². The molecule has 0 aliphatic carbocycles. The van der Waals surface area contributed by atoms with E-state index in [1.165, 1.54) is 25.2 Å². The molecule has 0 saturated heterocycles. The first-order valence-corrected chi connectivity index (χ1v) is 5.23. The zero-order valence-corrected chi connectivity index (χ0v) is 9.91. The molecule has 0 saturated carbocycles. The summed E-state index contributed by atoms with van der Waals surface area (Å²) in [5, 5.41) is 7.16. The van der Waals surface area contributed by atoms with Gasteiger partial charge in [-0.15, -0.1) is 0 Å². The van der Waals surface area contributed by atoms with E-state index in [0.29, 0.717) is 6.41 Å². The highest BCUT2D eigenvalue weighted by molar-refractivity contribution is 5.44. The number of benzene rings is 1. The van der Waals surface area contributed by atoms with Crippen LogP contribution in [0.4, 0.5) is 4.39 Å². The van der Waals surface area contributed by atoms with E-state index in [1.807, 2.05) is 5.48 Å². The Morgan fingerprint density at radius 2 is 2.26 bits per heavy atom. The highest BCUT2D eigenvalue weighted by Crippen LogP contribution is 2.16. The van der Waals surface area contributed by atoms with Crippen LogP contribution in [0, 0.1) is 5.82 Å². The number of aromatic nitrogens is 4. The lowest BCUT2D eigenvalue weighted by molar-refractivity contribution is -0.121. The fourth-order valence-corrected chi connectivity index (χ4v) is 1.50. The Kier molecular flexibility index (Phi) is 3.66. The lowest BCUT2D eigenvalue weighted by Crippen LogP contribution is -2.23. The van der Waals surface area contributed by atoms with E-state index < -0.39 is 11.5 Å². The second kappa shape index (κ2) is 5.40. The molecule has 9 heteroatoms. The quantitative estimate of drug-likeness (QED) is 0.438. The Morgan fingerprint density at radius 1 is 1.47 bits per heavy atom. The molecule has 0 aliphatic rings. The zero-order valence-electron chi connectivity index (χ0n) is 9.91. The first kappa shape index (κ1) is 12.9. The first-order valence-electron chi connectivity index (χ1n) is 5.23. The Hall–Kier alpha value is -2.55. The van der Waals surface area contributed by atoms with Crippen LogP contribution >= 0.6 is 0 Å². The van der Waals surface area contributed by atoms with Crippen molar-refractivity contribution in [3.63, 3.8) is 0 Å². The van der Waals surface area contributed by atoms with Crippen LogP contribution in [0.5, 0.6) is 0 Å². The van der Waals surface area contributed by atoms with Gasteiger partial charge in [0.2, 0.25) is 6.41 Å². The van der Waals surface area contributed by atoms with Gasteiger partial charge in [0.15, 0.2) is 0 Å². The van der Waals surface area contributed by atoms with Gasteiger partial charge in [0.1, 0.15) is 12.4 Å². The molecule has 1 aromatic heterocycles. The molecule has 2 rings (SSSR count). The van der Waals surface area contributed by atoms with Gasteiger partial charge in [0, 0.05) is 12.6 Å². The predicted molar refractivity (Wildman–Crippen MR) is 60.5 cm³/mol. The van der Waals surface area contributed by atoms with Crippen molar-refractivity contribution in [2.75, 3.05) is 0 Å². The molecular weight excluding hydrogens is 257 g/mol. The number of nitrogens with one attached hydrogen (secondary N) is 1. The maximum Gasteiger partial charge on any atom is 0.368 e. The molecule has 0 bridgehead atoms. The van der Waals surface area contributed by atoms with Crippen LogP contribution in [0.25, 0.3) is 5.69 Å². The van der Waals surface area contributed by atoms with Crippen molar-refractivity contribution in [3.05, 3.63) is 40.1 Å². The van der Waals surface area contributed by atoms with Gasteiger partial charge >= 0.3 is 5.69 Å². The molecule has 1 aromatic carbocycles. The third-order valence-electron chi connectivity index (χ3n) is 2.39. The van der Waals surface area contributed by atoms with Crippen LogP contribution in [0.2, 0.25) is 0 Å². The van der Waals surface area contributed by atoms with Crippen LogP contribution in [-0.2, 0) is 23.3 Å². The summed E-state index contributed by atoms with van der Waals surface area (Å²) >= 11 is 0. The Labute approximate surface area is 106 Å². The second-order valence-electron chi connectivity index (χ2n) is 3.56. The second-order valence-corrected chi connectivity index (χ2v) is 3.56. The topological polar surface area (TPSA) is 91.0 Å². The van der Waals surface area contributed by atoms with E-state index in [2.05, 4.69) is 10.4 Å². The SMILES string of the molecule is Cn1nnn(-c2cccc(F)c2CONC=O)c1=O. The maximum absolute atomic E-state index is 13.7. The summed E-state index contributed by atoms with van der Waals surface area (Å²) in [6, 6.07) is 4.14. The normalized spacial score (nSPS) is 10.4. The molecule has 100 valence electrons. The number of rotatable bonds is 5. The van der Waals surface area contributed by atoms with Crippen molar-refractivity contribution in [2.45, 2.75) is 6.61 Å². The molecule has 1 amide bonds. The van der Waals surface area contributed by atoms with Crippen LogP contribution < -0.4 is 11.2 Å². The van der Waals surface area contributed by atoms with Gasteiger partial charge in [-0.25, -0.2) is 14.7 Å². The summed E-state index contributed by atoms with van der Waals surface area (Å²) in [7, 11) is 1.43. The van der Waals surface area contributed by atoms with Crippen LogP contribution in [0.1, 0.15) is 5.56 Å². The summed E-state index contributed by atoms with van der Waals surface area (Å²) in [6.45, 7) is -0.246. The standard InChI is InChI=1S/C10H10FN5O3/c1-15-10(18)16(14-13-15)9-4-2-3-8(11)7(9)5-19-12-6-17/h2-4,6H,5H2,1H3,(H,12,17). The van der Waals surface area contributed by atoms with Gasteiger partial charge < -0.3 is 0 Å². The van der Waals surface area contributed by atoms with Crippen molar-refractivity contribution in [1.29, 1.82) is 0 Å². The van der Waals surface area contributed by atoms with E-state index >= 15 is 0 Å². The highest BCUT2D eigenvalue weighted by atomic mass is 19.1. The number of hydrogen-bond donors (Lipinski definition) is 1. The molecule has 2 aromatic rings. The predicted octanol–water partition coefficient (Wildman–Crippen LogP) is -0.717. The molecule has 19 heavy (non-hydrogen) atoms. The fourth-order valence-electron chi connectivity index (χ4n) is 1.50. The lowest BCUT2D eigenvalue weighted by atomic mass is 10.2. The van der Waals surface area contributed by atoms with Gasteiger partial charge in [-0.3, -0.25) is 9.63 Å². The van der Waals surface area contributed by atoms with Crippen molar-refractivity contribution < 1.29 is 14.0 Å². The van der Waals surface area contributed by atoms with Crippen LogP contribution in [-0.4, -0.2) is 26.2 Å². The number of amides is 1. The van der Waals surface area contributed by atoms with E-state index in [-0.39, 0.29) is 17.9 Å². The molecule has 1 heterocycles. The summed E-state index contributed by atoms with van der Waals surface area (Å²) in [5.41, 5.74) is 1.71. The molecule has 0 unspecified atom stereocenters. The minimum atomic E-state index is -0.581. The third-order valence-corrected chi connectivity index (χ3v) is 2.39. The van der Waals surface area contributed by atoms with Crippen molar-refractivity contribution in [2.24, 2.45) is 7.05 Å². The minimum absolute atomic E-state index is 0.0828. The van der Waals surface area contributed by atoms with Gasteiger partial charge in [-0.1, -0.05) is 6.07 Å². The molecule has 1 N–H and O–H groups in total. The average molecular weight is 267 g/mol. The molecule has 0 spiro atoms. The zero-order chi connectivity index (χ0) is 13.8. The number of nitrogens with zero attached hydrogens (tertiary/aromatic N) is 4. The molecule has 8 nitrogen and oxygen atoms in total. The Morgan fingerprint density at radius 3 is 2.89 bits per heavy atom. The number of tetrazole rings is 1. The third kappa shape index (κ3) is 2.50. The molecule has 0 radical (unpaired) electrons. The summed E-state index contributed by atoms with van der Waals surface area (Å²) < 4.78 is 15.7.